The van der Waals surface area contributed by atoms with Gasteiger partial charge in [0.15, 0.2) is 11.4 Å². The molecule has 5 rings (SSSR count). The zero-order chi connectivity index (χ0) is 25.2. The molecular formula is C28H30FN5O2. The average molecular weight is 488 g/mol. The molecule has 7 nitrogen and oxygen atoms in total. The summed E-state index contributed by atoms with van der Waals surface area (Å²) in [7, 11) is 4.02. The summed E-state index contributed by atoms with van der Waals surface area (Å²) in [6.45, 7) is 3.50. The number of aromatic nitrogens is 3. The molecule has 0 saturated heterocycles. The number of imidazole rings is 1. The van der Waals surface area contributed by atoms with Gasteiger partial charge in [0.2, 0.25) is 5.88 Å². The van der Waals surface area contributed by atoms with E-state index in [-0.39, 0.29) is 11.6 Å². The van der Waals surface area contributed by atoms with Gasteiger partial charge in [-0.1, -0.05) is 18.2 Å². The van der Waals surface area contributed by atoms with Gasteiger partial charge in [0, 0.05) is 42.8 Å². The van der Waals surface area contributed by atoms with E-state index in [2.05, 4.69) is 20.3 Å². The first-order chi connectivity index (χ1) is 17.4. The largest absolute Gasteiger partial charge is 0.437 e. The van der Waals surface area contributed by atoms with Crippen molar-refractivity contribution in [3.63, 3.8) is 0 Å². The molecule has 2 aromatic carbocycles. The summed E-state index contributed by atoms with van der Waals surface area (Å²) in [4.78, 5) is 19.4. The molecule has 0 aliphatic heterocycles. The minimum Gasteiger partial charge on any atom is -0.437 e. The summed E-state index contributed by atoms with van der Waals surface area (Å²) in [5.74, 6) is 1.04. The normalized spacial score (nSPS) is 13.4. The molecule has 0 unspecified atom stereocenters. The summed E-state index contributed by atoms with van der Waals surface area (Å²) in [6.07, 6.45) is 4.70. The topological polar surface area (TPSA) is 71.8 Å². The number of likely N-dealkylation sites (N-methyl/N-ethyl adjacent to an activating group) is 1. The van der Waals surface area contributed by atoms with Gasteiger partial charge in [-0.3, -0.25) is 4.79 Å². The summed E-state index contributed by atoms with van der Waals surface area (Å²) >= 11 is 0. The number of halogens is 1. The first kappa shape index (κ1) is 23.9. The maximum atomic E-state index is 13.7. The molecule has 0 radical (unpaired) electrons. The van der Waals surface area contributed by atoms with Crippen LogP contribution in [-0.4, -0.2) is 52.5 Å². The van der Waals surface area contributed by atoms with Gasteiger partial charge in [0.25, 0.3) is 0 Å². The van der Waals surface area contributed by atoms with Crippen LogP contribution in [0.3, 0.4) is 0 Å². The zero-order valence-electron chi connectivity index (χ0n) is 20.8. The standard InChI is InChI=1S/C28H30FN5O2/c1-18-13-20(9-10-23(18)26(35)14-19-7-8-19)25-17-31-28-24(30-11-12-33(2)3)16-27(32-34(25)28)36-22-6-4-5-21(29)15-22/h4-6,9-10,13,15-17,19,30H,7-8,11-12,14H2,1-3H3. The number of ether oxygens (including phenoxy) is 1. The fraction of sp³-hybridized carbons (Fsp3) is 0.321. The van der Waals surface area contributed by atoms with Gasteiger partial charge in [0.05, 0.1) is 17.6 Å². The third kappa shape index (κ3) is 5.39. The molecular weight excluding hydrogens is 457 g/mol. The molecule has 0 atom stereocenters. The van der Waals surface area contributed by atoms with Crippen molar-refractivity contribution < 1.29 is 13.9 Å². The Labute approximate surface area is 209 Å². The van der Waals surface area contributed by atoms with Crippen molar-refractivity contribution in [3.05, 3.63) is 71.7 Å². The van der Waals surface area contributed by atoms with E-state index in [4.69, 9.17) is 4.74 Å². The number of nitrogens with one attached hydrogen (secondary N) is 1. The fourth-order valence-corrected chi connectivity index (χ4v) is 4.22. The second kappa shape index (κ2) is 10.1. The molecule has 0 bridgehead atoms. The van der Waals surface area contributed by atoms with Crippen molar-refractivity contribution in [2.24, 2.45) is 5.92 Å². The lowest BCUT2D eigenvalue weighted by atomic mass is 9.98. The number of benzene rings is 2. The number of carbonyl (C=O) groups excluding carboxylic acids is 1. The van der Waals surface area contributed by atoms with E-state index in [0.717, 1.165) is 47.5 Å². The Bertz CT molecular complexity index is 1410. The lowest BCUT2D eigenvalue weighted by molar-refractivity contribution is 0.0975. The molecule has 1 aliphatic carbocycles. The van der Waals surface area contributed by atoms with Crippen LogP contribution in [-0.2, 0) is 0 Å². The number of anilines is 1. The fourth-order valence-electron chi connectivity index (χ4n) is 4.22. The lowest BCUT2D eigenvalue weighted by Crippen LogP contribution is -2.21. The molecule has 1 saturated carbocycles. The Morgan fingerprint density at radius 1 is 1.19 bits per heavy atom. The van der Waals surface area contributed by atoms with E-state index in [1.165, 1.54) is 12.1 Å². The molecule has 4 aromatic rings. The van der Waals surface area contributed by atoms with Crippen molar-refractivity contribution in [1.29, 1.82) is 0 Å². The zero-order valence-corrected chi connectivity index (χ0v) is 20.8. The van der Waals surface area contributed by atoms with Crippen LogP contribution in [0.1, 0.15) is 35.2 Å². The summed E-state index contributed by atoms with van der Waals surface area (Å²) in [5.41, 5.74) is 4.80. The maximum absolute atomic E-state index is 13.7. The highest BCUT2D eigenvalue weighted by atomic mass is 19.1. The summed E-state index contributed by atoms with van der Waals surface area (Å²) in [5, 5.41) is 8.08. The van der Waals surface area contributed by atoms with Crippen LogP contribution < -0.4 is 10.1 Å². The minimum atomic E-state index is -0.381. The molecule has 2 heterocycles. The van der Waals surface area contributed by atoms with Crippen LogP contribution in [0, 0.1) is 18.7 Å². The first-order valence-electron chi connectivity index (χ1n) is 12.2. The predicted molar refractivity (Wildman–Crippen MR) is 138 cm³/mol. The Balaban J connectivity index is 1.51. The summed E-state index contributed by atoms with van der Waals surface area (Å²) in [6, 6.07) is 13.6. The van der Waals surface area contributed by atoms with E-state index < -0.39 is 0 Å². The van der Waals surface area contributed by atoms with Crippen LogP contribution >= 0.6 is 0 Å². The van der Waals surface area contributed by atoms with Gasteiger partial charge in [-0.15, -0.1) is 5.10 Å². The average Bonchev–Trinajstić information content (AvgIpc) is 3.54. The molecule has 1 fully saturated rings. The van der Waals surface area contributed by atoms with Crippen LogP contribution in [0.25, 0.3) is 16.9 Å². The highest BCUT2D eigenvalue weighted by Gasteiger charge is 2.25. The number of carbonyl (C=O) groups is 1. The van der Waals surface area contributed by atoms with E-state index in [0.29, 0.717) is 36.2 Å². The predicted octanol–water partition coefficient (Wildman–Crippen LogP) is 5.59. The number of hydrogen-bond donors (Lipinski definition) is 1. The van der Waals surface area contributed by atoms with Crippen LogP contribution in [0.4, 0.5) is 10.1 Å². The maximum Gasteiger partial charge on any atom is 0.239 e. The van der Waals surface area contributed by atoms with Gasteiger partial charge < -0.3 is 15.0 Å². The molecule has 8 heteroatoms. The van der Waals surface area contributed by atoms with Gasteiger partial charge in [-0.05, 0) is 63.5 Å². The molecule has 36 heavy (non-hydrogen) atoms. The molecule has 1 N–H and O–H groups in total. The van der Waals surface area contributed by atoms with Crippen molar-refractivity contribution in [2.45, 2.75) is 26.2 Å². The Morgan fingerprint density at radius 2 is 2.03 bits per heavy atom. The van der Waals surface area contributed by atoms with Crippen LogP contribution in [0.5, 0.6) is 11.6 Å². The SMILES string of the molecule is Cc1cc(-c2cnc3c(NCCN(C)C)cc(Oc4cccc(F)c4)nn23)ccc1C(=O)CC1CC1. The van der Waals surface area contributed by atoms with Gasteiger partial charge >= 0.3 is 0 Å². The number of nitrogens with zero attached hydrogens (tertiary/aromatic N) is 4. The smallest absolute Gasteiger partial charge is 0.239 e. The van der Waals surface area contributed by atoms with Crippen molar-refractivity contribution >= 4 is 17.1 Å². The number of hydrogen-bond acceptors (Lipinski definition) is 6. The number of Topliss-reactive ketones (excluding diaryl/α,β-unsaturated/α-hetero) is 1. The second-order valence-electron chi connectivity index (χ2n) is 9.66. The molecule has 0 amide bonds. The number of ketones is 1. The van der Waals surface area contributed by atoms with E-state index >= 15 is 0 Å². The van der Waals surface area contributed by atoms with Crippen LogP contribution in [0.2, 0.25) is 0 Å². The van der Waals surface area contributed by atoms with Crippen molar-refractivity contribution in [1.82, 2.24) is 19.5 Å². The monoisotopic (exact) mass is 487 g/mol. The van der Waals surface area contributed by atoms with Crippen LogP contribution in [0.15, 0.2) is 54.7 Å². The first-order valence-corrected chi connectivity index (χ1v) is 12.2. The molecule has 186 valence electrons. The highest BCUT2D eigenvalue weighted by molar-refractivity contribution is 5.98. The van der Waals surface area contributed by atoms with Crippen molar-refractivity contribution in [3.8, 4) is 22.9 Å². The minimum absolute atomic E-state index is 0.205. The Kier molecular flexibility index (Phi) is 6.69. The van der Waals surface area contributed by atoms with Crippen molar-refractivity contribution in [2.75, 3.05) is 32.5 Å². The number of fused-ring (bicyclic) bond motifs is 1. The lowest BCUT2D eigenvalue weighted by Gasteiger charge is -2.14. The number of rotatable bonds is 10. The Hall–Kier alpha value is -3.78. The van der Waals surface area contributed by atoms with Gasteiger partial charge in [-0.25, -0.2) is 13.9 Å². The van der Waals surface area contributed by atoms with Gasteiger partial charge in [0.1, 0.15) is 11.6 Å². The van der Waals surface area contributed by atoms with E-state index in [9.17, 15) is 9.18 Å². The Morgan fingerprint density at radius 3 is 2.75 bits per heavy atom. The highest BCUT2D eigenvalue weighted by Crippen LogP contribution is 2.34. The van der Waals surface area contributed by atoms with E-state index in [1.807, 2.05) is 39.2 Å². The molecule has 1 aliphatic rings. The molecule has 0 spiro atoms. The van der Waals surface area contributed by atoms with Gasteiger partial charge in [-0.2, -0.15) is 0 Å². The molecule has 2 aromatic heterocycles. The number of aryl methyl sites for hydroxylation is 1. The quantitative estimate of drug-likeness (QED) is 0.294. The second-order valence-corrected chi connectivity index (χ2v) is 9.66. The third-order valence-corrected chi connectivity index (χ3v) is 6.33. The van der Waals surface area contributed by atoms with E-state index in [1.54, 1.807) is 28.9 Å². The summed E-state index contributed by atoms with van der Waals surface area (Å²) < 4.78 is 21.4. The third-order valence-electron chi connectivity index (χ3n) is 6.33.